The van der Waals surface area contributed by atoms with Crippen LogP contribution in [0.5, 0.6) is 0 Å². The molecule has 1 atom stereocenters. The molecule has 5 nitrogen and oxygen atoms in total. The van der Waals surface area contributed by atoms with Crippen molar-refractivity contribution >= 4 is 17.3 Å². The van der Waals surface area contributed by atoms with Gasteiger partial charge in [-0.1, -0.05) is 11.6 Å². The van der Waals surface area contributed by atoms with E-state index in [0.717, 1.165) is 23.2 Å². The summed E-state index contributed by atoms with van der Waals surface area (Å²) in [7, 11) is 0. The van der Waals surface area contributed by atoms with Gasteiger partial charge in [0.1, 0.15) is 5.15 Å². The van der Waals surface area contributed by atoms with Crippen molar-refractivity contribution in [2.75, 3.05) is 0 Å². The van der Waals surface area contributed by atoms with E-state index in [1.807, 2.05) is 6.92 Å². The second-order valence-electron chi connectivity index (χ2n) is 5.37. The first-order valence-electron chi connectivity index (χ1n) is 6.81. The number of hydrogen-bond donors (Lipinski definition) is 1. The van der Waals surface area contributed by atoms with E-state index in [4.69, 9.17) is 18.2 Å². The number of aliphatic hydroxyl groups is 1. The summed E-state index contributed by atoms with van der Waals surface area (Å²) >= 11 is 6.43. The highest BCUT2D eigenvalue weighted by Crippen LogP contribution is 2.31. The van der Waals surface area contributed by atoms with Gasteiger partial charge >= 0.3 is 0 Å². The fourth-order valence-electron chi connectivity index (χ4n) is 2.66. The Morgan fingerprint density at radius 2 is 2.24 bits per heavy atom. The second-order valence-corrected chi connectivity index (χ2v) is 5.73. The summed E-state index contributed by atoms with van der Waals surface area (Å²) in [5, 5.41) is 14.8. The number of aliphatic hydroxyl groups excluding tert-OH is 1. The lowest BCUT2D eigenvalue weighted by atomic mass is 9.96. The van der Waals surface area contributed by atoms with E-state index in [1.165, 1.54) is 0 Å². The van der Waals surface area contributed by atoms with E-state index in [0.29, 0.717) is 35.2 Å². The van der Waals surface area contributed by atoms with Gasteiger partial charge in [-0.15, -0.1) is 0 Å². The Labute approximate surface area is 128 Å². The summed E-state index contributed by atoms with van der Waals surface area (Å²) < 4.78 is 1.63. The molecule has 2 aromatic rings. The summed E-state index contributed by atoms with van der Waals surface area (Å²) in [6.07, 6.45) is 1.61. The Hall–Kier alpha value is -1.90. The third-order valence-electron chi connectivity index (χ3n) is 3.83. The fourth-order valence-corrected chi connectivity index (χ4v) is 2.97. The number of fused-ring (bicyclic) bond motifs is 1. The highest BCUT2D eigenvalue weighted by Gasteiger charge is 2.25. The number of rotatable bonds is 1. The molecule has 2 aromatic heterocycles. The van der Waals surface area contributed by atoms with Crippen LogP contribution in [-0.2, 0) is 12.8 Å². The molecule has 0 amide bonds. The summed E-state index contributed by atoms with van der Waals surface area (Å²) in [6, 6.07) is 1.80. The Kier molecular flexibility index (Phi) is 3.44. The molecule has 0 spiro atoms. The van der Waals surface area contributed by atoms with Crippen LogP contribution in [0.25, 0.3) is 10.7 Å². The largest absolute Gasteiger partial charge is 0.393 e. The van der Waals surface area contributed by atoms with Crippen LogP contribution in [0, 0.1) is 20.4 Å². The topological polar surface area (TPSA) is 55.3 Å². The van der Waals surface area contributed by atoms with Gasteiger partial charge in [-0.2, -0.15) is 5.10 Å². The summed E-state index contributed by atoms with van der Waals surface area (Å²) in [4.78, 5) is 7.93. The molecule has 0 saturated heterocycles. The van der Waals surface area contributed by atoms with Crippen LogP contribution in [-0.4, -0.2) is 26.0 Å². The summed E-state index contributed by atoms with van der Waals surface area (Å²) in [5.41, 5.74) is 3.89. The summed E-state index contributed by atoms with van der Waals surface area (Å²) in [5.74, 6) is 0.647. The molecule has 0 aliphatic heterocycles. The monoisotopic (exact) mass is 302 g/mol. The van der Waals surface area contributed by atoms with Crippen molar-refractivity contribution < 1.29 is 5.11 Å². The zero-order valence-electron chi connectivity index (χ0n) is 11.9. The highest BCUT2D eigenvalue weighted by molar-refractivity contribution is 6.30. The Morgan fingerprint density at radius 3 is 2.95 bits per heavy atom. The van der Waals surface area contributed by atoms with Gasteiger partial charge in [0, 0.05) is 17.7 Å². The number of aryl methyl sites for hydroxylation is 3. The zero-order valence-corrected chi connectivity index (χ0v) is 12.6. The Morgan fingerprint density at radius 1 is 1.48 bits per heavy atom. The van der Waals surface area contributed by atoms with Crippen molar-refractivity contribution in [3.8, 4) is 5.82 Å². The minimum Gasteiger partial charge on any atom is -0.393 e. The van der Waals surface area contributed by atoms with E-state index < -0.39 is 0 Å². The standard InChI is InChI=1S/C15H15ClN4O/c1-8-6-13(17-3)9(2)18-15(8)20-14(16)11-7-10(21)4-5-12(11)19-20/h6,10,21H,4-5,7H2,1-2H3. The fraction of sp³-hybridized carbons (Fsp3) is 0.400. The minimum absolute atomic E-state index is 0.354. The molecule has 0 aromatic carbocycles. The summed E-state index contributed by atoms with van der Waals surface area (Å²) in [6.45, 7) is 10.8. The van der Waals surface area contributed by atoms with Crippen molar-refractivity contribution in [3.05, 3.63) is 45.2 Å². The van der Waals surface area contributed by atoms with Gasteiger partial charge in [-0.25, -0.2) is 14.5 Å². The predicted octanol–water partition coefficient (Wildman–Crippen LogP) is 2.94. The number of aromatic nitrogens is 3. The number of halogens is 1. The molecule has 2 heterocycles. The van der Waals surface area contributed by atoms with E-state index in [9.17, 15) is 5.11 Å². The maximum Gasteiger partial charge on any atom is 0.208 e. The quantitative estimate of drug-likeness (QED) is 0.824. The Balaban J connectivity index is 2.14. The first-order chi connectivity index (χ1) is 10.0. The molecule has 0 radical (unpaired) electrons. The van der Waals surface area contributed by atoms with Crippen molar-refractivity contribution in [2.24, 2.45) is 0 Å². The third-order valence-corrected chi connectivity index (χ3v) is 4.22. The van der Waals surface area contributed by atoms with Gasteiger partial charge in [0.05, 0.1) is 18.4 Å². The lowest BCUT2D eigenvalue weighted by molar-refractivity contribution is 0.158. The molecule has 3 rings (SSSR count). The average Bonchev–Trinajstić information content (AvgIpc) is 2.78. The molecular weight excluding hydrogens is 288 g/mol. The van der Waals surface area contributed by atoms with E-state index in [1.54, 1.807) is 17.7 Å². The highest BCUT2D eigenvalue weighted by atomic mass is 35.5. The number of pyridine rings is 1. The van der Waals surface area contributed by atoms with Crippen LogP contribution in [0.1, 0.15) is 28.9 Å². The van der Waals surface area contributed by atoms with E-state index in [-0.39, 0.29) is 6.10 Å². The molecule has 1 aliphatic rings. The van der Waals surface area contributed by atoms with Gasteiger partial charge < -0.3 is 5.11 Å². The van der Waals surface area contributed by atoms with E-state index in [2.05, 4.69) is 14.9 Å². The smallest absolute Gasteiger partial charge is 0.208 e. The van der Waals surface area contributed by atoms with Gasteiger partial charge in [0.2, 0.25) is 5.69 Å². The lowest BCUT2D eigenvalue weighted by Crippen LogP contribution is -2.17. The molecule has 0 fully saturated rings. The minimum atomic E-state index is -0.354. The molecule has 108 valence electrons. The first-order valence-corrected chi connectivity index (χ1v) is 7.19. The van der Waals surface area contributed by atoms with Crippen LogP contribution in [0.15, 0.2) is 6.07 Å². The maximum absolute atomic E-state index is 9.78. The molecule has 1 unspecified atom stereocenters. The molecule has 0 saturated carbocycles. The van der Waals surface area contributed by atoms with Crippen LogP contribution in [0.4, 0.5) is 5.69 Å². The van der Waals surface area contributed by atoms with Crippen molar-refractivity contribution in [3.63, 3.8) is 0 Å². The van der Waals surface area contributed by atoms with Crippen molar-refractivity contribution in [1.29, 1.82) is 0 Å². The van der Waals surface area contributed by atoms with Gasteiger partial charge in [0.25, 0.3) is 0 Å². The predicted molar refractivity (Wildman–Crippen MR) is 80.1 cm³/mol. The van der Waals surface area contributed by atoms with Crippen molar-refractivity contribution in [2.45, 2.75) is 39.2 Å². The van der Waals surface area contributed by atoms with Crippen LogP contribution in [0.3, 0.4) is 0 Å². The first kappa shape index (κ1) is 14.1. The zero-order chi connectivity index (χ0) is 15.1. The van der Waals surface area contributed by atoms with Crippen LogP contribution >= 0.6 is 11.6 Å². The van der Waals surface area contributed by atoms with Gasteiger partial charge in [-0.05, 0) is 38.3 Å². The Bertz CT molecular complexity index is 760. The second kappa shape index (κ2) is 5.14. The molecule has 1 N–H and O–H groups in total. The lowest BCUT2D eigenvalue weighted by Gasteiger charge is -2.15. The molecule has 1 aliphatic carbocycles. The van der Waals surface area contributed by atoms with Crippen molar-refractivity contribution in [1.82, 2.24) is 14.8 Å². The van der Waals surface area contributed by atoms with E-state index >= 15 is 0 Å². The van der Waals surface area contributed by atoms with Gasteiger partial charge in [-0.3, -0.25) is 0 Å². The molecule has 0 bridgehead atoms. The molecule has 6 heteroatoms. The average molecular weight is 303 g/mol. The number of nitrogens with zero attached hydrogens (tertiary/aromatic N) is 4. The molecular formula is C15H15ClN4O. The number of hydrogen-bond acceptors (Lipinski definition) is 3. The third kappa shape index (κ3) is 2.31. The van der Waals surface area contributed by atoms with Crippen LogP contribution < -0.4 is 0 Å². The molecule has 21 heavy (non-hydrogen) atoms. The van der Waals surface area contributed by atoms with Crippen LogP contribution in [0.2, 0.25) is 5.15 Å². The van der Waals surface area contributed by atoms with Gasteiger partial charge in [0.15, 0.2) is 5.82 Å². The normalized spacial score (nSPS) is 17.4. The SMILES string of the molecule is [C-]#[N+]c1cc(C)c(-n2nc3c(c2Cl)CC(O)CC3)nc1C. The maximum atomic E-state index is 9.78.